The predicted molar refractivity (Wildman–Crippen MR) is 93.8 cm³/mol. The second-order valence-electron chi connectivity index (χ2n) is 5.98. The molecule has 0 amide bonds. The number of nitrogens with zero attached hydrogens (tertiary/aromatic N) is 1. The minimum Gasteiger partial charge on any atom is -0.505 e. The molecule has 0 aliphatic carbocycles. The first-order valence-corrected chi connectivity index (χ1v) is 7.51. The van der Waals surface area contributed by atoms with Gasteiger partial charge in [-0.1, -0.05) is 19.9 Å². The van der Waals surface area contributed by atoms with Crippen LogP contribution in [-0.2, 0) is 0 Å². The lowest BCUT2D eigenvalue weighted by Crippen LogP contribution is -2.45. The number of nitrogens with one attached hydrogen (secondary N) is 1. The Bertz CT molecular complexity index is 440. The van der Waals surface area contributed by atoms with Gasteiger partial charge in [0.1, 0.15) is 0 Å². The Labute approximate surface area is 145 Å². The lowest BCUT2D eigenvalue weighted by molar-refractivity contribution is 0.159. The van der Waals surface area contributed by atoms with E-state index in [1.165, 1.54) is 12.1 Å². The fourth-order valence-corrected chi connectivity index (χ4v) is 2.78. The SMILES string of the molecule is CC(C)CC[C@@H](c1ccc(O)c(F)c1)N1CCNCC1.Cl.Cl. The van der Waals surface area contributed by atoms with Gasteiger partial charge in [0.25, 0.3) is 0 Å². The topological polar surface area (TPSA) is 35.5 Å². The fraction of sp³-hybridized carbons (Fsp3) is 0.625. The normalized spacial score (nSPS) is 16.7. The monoisotopic (exact) mass is 352 g/mol. The summed E-state index contributed by atoms with van der Waals surface area (Å²) in [6.07, 6.45) is 2.15. The van der Waals surface area contributed by atoms with E-state index >= 15 is 0 Å². The Kier molecular flexibility index (Phi) is 10.0. The highest BCUT2D eigenvalue weighted by Crippen LogP contribution is 2.30. The Balaban J connectivity index is 0.00000220. The van der Waals surface area contributed by atoms with Crippen molar-refractivity contribution in [2.45, 2.75) is 32.7 Å². The number of hydrogen-bond acceptors (Lipinski definition) is 3. The first-order valence-electron chi connectivity index (χ1n) is 7.51. The molecule has 1 fully saturated rings. The van der Waals surface area contributed by atoms with E-state index in [-0.39, 0.29) is 36.6 Å². The number of aromatic hydroxyl groups is 1. The molecule has 1 saturated heterocycles. The number of rotatable bonds is 5. The highest BCUT2D eigenvalue weighted by Gasteiger charge is 2.23. The summed E-state index contributed by atoms with van der Waals surface area (Å²) in [4.78, 5) is 2.42. The summed E-state index contributed by atoms with van der Waals surface area (Å²) >= 11 is 0. The van der Waals surface area contributed by atoms with Crippen LogP contribution in [0.15, 0.2) is 18.2 Å². The van der Waals surface area contributed by atoms with Crippen molar-refractivity contribution >= 4 is 24.8 Å². The van der Waals surface area contributed by atoms with E-state index in [9.17, 15) is 9.50 Å². The third kappa shape index (κ3) is 5.92. The van der Waals surface area contributed by atoms with Crippen molar-refractivity contribution in [3.8, 4) is 5.75 Å². The van der Waals surface area contributed by atoms with E-state index in [2.05, 4.69) is 24.1 Å². The van der Waals surface area contributed by atoms with Crippen LogP contribution in [0.5, 0.6) is 5.75 Å². The van der Waals surface area contributed by atoms with E-state index in [4.69, 9.17) is 0 Å². The molecule has 0 radical (unpaired) electrons. The molecule has 128 valence electrons. The average Bonchev–Trinajstić information content (AvgIpc) is 2.44. The maximum atomic E-state index is 13.6. The molecular formula is C16H27Cl2FN2O. The van der Waals surface area contributed by atoms with Crippen molar-refractivity contribution in [3.05, 3.63) is 29.6 Å². The number of piperazine rings is 1. The number of phenolic OH excluding ortho intramolecular Hbond substituents is 1. The molecule has 1 aliphatic rings. The maximum absolute atomic E-state index is 13.6. The first kappa shape index (κ1) is 21.4. The van der Waals surface area contributed by atoms with E-state index in [1.807, 2.05) is 6.07 Å². The van der Waals surface area contributed by atoms with Gasteiger partial charge >= 0.3 is 0 Å². The summed E-state index contributed by atoms with van der Waals surface area (Å²) in [5, 5.41) is 12.7. The largest absolute Gasteiger partial charge is 0.505 e. The van der Waals surface area contributed by atoms with Gasteiger partial charge in [0.05, 0.1) is 0 Å². The highest BCUT2D eigenvalue weighted by atomic mass is 35.5. The zero-order valence-electron chi connectivity index (χ0n) is 13.2. The molecule has 0 aromatic heterocycles. The molecular weight excluding hydrogens is 326 g/mol. The van der Waals surface area contributed by atoms with Crippen molar-refractivity contribution < 1.29 is 9.50 Å². The molecule has 0 spiro atoms. The van der Waals surface area contributed by atoms with Crippen LogP contribution in [0.3, 0.4) is 0 Å². The van der Waals surface area contributed by atoms with Gasteiger partial charge in [-0.3, -0.25) is 4.90 Å². The molecule has 1 atom stereocenters. The van der Waals surface area contributed by atoms with Gasteiger partial charge in [0.2, 0.25) is 0 Å². The molecule has 1 aliphatic heterocycles. The zero-order chi connectivity index (χ0) is 14.5. The summed E-state index contributed by atoms with van der Waals surface area (Å²) in [5.74, 6) is -0.147. The second-order valence-corrected chi connectivity index (χ2v) is 5.98. The summed E-state index contributed by atoms with van der Waals surface area (Å²) in [7, 11) is 0. The van der Waals surface area contributed by atoms with Gasteiger partial charge in [-0.2, -0.15) is 0 Å². The molecule has 0 saturated carbocycles. The lowest BCUT2D eigenvalue weighted by atomic mass is 9.95. The van der Waals surface area contributed by atoms with E-state index in [0.717, 1.165) is 44.6 Å². The zero-order valence-corrected chi connectivity index (χ0v) is 14.9. The van der Waals surface area contributed by atoms with Gasteiger partial charge in [-0.15, -0.1) is 24.8 Å². The molecule has 0 bridgehead atoms. The van der Waals surface area contributed by atoms with Crippen LogP contribution in [0.2, 0.25) is 0 Å². The van der Waals surface area contributed by atoms with Crippen LogP contribution in [0, 0.1) is 11.7 Å². The summed E-state index contributed by atoms with van der Waals surface area (Å²) < 4.78 is 13.6. The molecule has 6 heteroatoms. The molecule has 2 rings (SSSR count). The molecule has 1 aromatic rings. The lowest BCUT2D eigenvalue weighted by Gasteiger charge is -2.35. The van der Waals surface area contributed by atoms with E-state index in [1.54, 1.807) is 0 Å². The van der Waals surface area contributed by atoms with Crippen LogP contribution in [-0.4, -0.2) is 36.2 Å². The summed E-state index contributed by atoms with van der Waals surface area (Å²) in [6, 6.07) is 5.05. The third-order valence-corrected chi connectivity index (χ3v) is 3.97. The smallest absolute Gasteiger partial charge is 0.165 e. The number of halogens is 3. The summed E-state index contributed by atoms with van der Waals surface area (Å²) in [6.45, 7) is 8.38. The van der Waals surface area contributed by atoms with Crippen LogP contribution >= 0.6 is 24.8 Å². The second kappa shape index (κ2) is 10.3. The third-order valence-electron chi connectivity index (χ3n) is 3.97. The van der Waals surface area contributed by atoms with Crippen molar-refractivity contribution in [2.75, 3.05) is 26.2 Å². The minimum absolute atomic E-state index is 0. The van der Waals surface area contributed by atoms with Gasteiger partial charge in [0, 0.05) is 32.2 Å². The average molecular weight is 353 g/mol. The molecule has 1 heterocycles. The van der Waals surface area contributed by atoms with Crippen molar-refractivity contribution in [3.63, 3.8) is 0 Å². The van der Waals surface area contributed by atoms with E-state index < -0.39 is 5.82 Å². The van der Waals surface area contributed by atoms with E-state index in [0.29, 0.717) is 5.92 Å². The van der Waals surface area contributed by atoms with Gasteiger partial charge < -0.3 is 10.4 Å². The standard InChI is InChI=1S/C16H25FN2O.2ClH/c1-12(2)3-5-15(19-9-7-18-8-10-19)13-4-6-16(20)14(17)11-13;;/h4,6,11-12,15,18,20H,3,5,7-10H2,1-2H3;2*1H/t15-;;/m0../s1. The molecule has 0 unspecified atom stereocenters. The number of phenols is 1. The van der Waals surface area contributed by atoms with Crippen molar-refractivity contribution in [1.29, 1.82) is 0 Å². The summed E-state index contributed by atoms with van der Waals surface area (Å²) in [5.41, 5.74) is 0.975. The minimum atomic E-state index is -0.521. The fourth-order valence-electron chi connectivity index (χ4n) is 2.78. The maximum Gasteiger partial charge on any atom is 0.165 e. The Morgan fingerprint density at radius 3 is 2.36 bits per heavy atom. The molecule has 22 heavy (non-hydrogen) atoms. The Hall–Kier alpha value is -0.550. The molecule has 3 nitrogen and oxygen atoms in total. The predicted octanol–water partition coefficient (Wildman–Crippen LogP) is 3.76. The highest BCUT2D eigenvalue weighted by molar-refractivity contribution is 5.85. The van der Waals surface area contributed by atoms with Crippen molar-refractivity contribution in [1.82, 2.24) is 10.2 Å². The van der Waals surface area contributed by atoms with Crippen LogP contribution < -0.4 is 5.32 Å². The Morgan fingerprint density at radius 1 is 1.18 bits per heavy atom. The van der Waals surface area contributed by atoms with Gasteiger partial charge in [-0.25, -0.2) is 4.39 Å². The van der Waals surface area contributed by atoms with Gasteiger partial charge in [-0.05, 0) is 36.5 Å². The molecule has 1 aromatic carbocycles. The van der Waals surface area contributed by atoms with Gasteiger partial charge in [0.15, 0.2) is 11.6 Å². The van der Waals surface area contributed by atoms with Crippen LogP contribution in [0.1, 0.15) is 38.3 Å². The number of benzene rings is 1. The first-order chi connectivity index (χ1) is 9.58. The number of hydrogen-bond donors (Lipinski definition) is 2. The van der Waals surface area contributed by atoms with Crippen LogP contribution in [0.4, 0.5) is 4.39 Å². The van der Waals surface area contributed by atoms with Crippen molar-refractivity contribution in [2.24, 2.45) is 5.92 Å². The quantitative estimate of drug-likeness (QED) is 0.846. The Morgan fingerprint density at radius 2 is 1.82 bits per heavy atom. The molecule has 2 N–H and O–H groups in total. The van der Waals surface area contributed by atoms with Crippen LogP contribution in [0.25, 0.3) is 0 Å².